The van der Waals surface area contributed by atoms with E-state index in [0.717, 1.165) is 11.1 Å². The van der Waals surface area contributed by atoms with Gasteiger partial charge in [0, 0.05) is 23.9 Å². The van der Waals surface area contributed by atoms with Crippen LogP contribution >= 0.6 is 0 Å². The van der Waals surface area contributed by atoms with Crippen molar-refractivity contribution in [1.29, 1.82) is 0 Å². The van der Waals surface area contributed by atoms with E-state index in [0.29, 0.717) is 28.2 Å². The molecular weight excluding hydrogens is 370 g/mol. The largest absolute Gasteiger partial charge is 0.435 e. The maximum absolute atomic E-state index is 8.92. The second kappa shape index (κ2) is 6.69. The van der Waals surface area contributed by atoms with Crippen LogP contribution in [0.25, 0.3) is 28.1 Å². The molecule has 4 rings (SSSR count). The van der Waals surface area contributed by atoms with Crippen molar-refractivity contribution in [3.05, 3.63) is 53.1 Å². The molecule has 0 aliphatic heterocycles. The van der Waals surface area contributed by atoms with E-state index < -0.39 is 18.6 Å². The number of imidazole rings is 1. The Labute approximate surface area is 188 Å². The van der Waals surface area contributed by atoms with E-state index in [9.17, 15) is 0 Å². The second-order valence-corrected chi connectivity index (χ2v) is 10.1. The fourth-order valence-electron chi connectivity index (χ4n) is 3.81. The third kappa shape index (κ3) is 3.42. The van der Waals surface area contributed by atoms with E-state index in [1.165, 1.54) is 6.20 Å². The SMILES string of the molecule is [2H]c1nc(C(C)(C)C)c2oc3c(-c4cc(C([2H])([2H])C(C)(C)C)c(C([2H])([2H])[2H])c[n+]4C)c(C)ccc3n12. The maximum Gasteiger partial charge on any atom is 0.228 e. The van der Waals surface area contributed by atoms with Gasteiger partial charge in [0.05, 0.1) is 11.1 Å². The molecule has 0 amide bonds. The van der Waals surface area contributed by atoms with Crippen molar-refractivity contribution in [1.82, 2.24) is 9.38 Å². The van der Waals surface area contributed by atoms with Crippen LogP contribution in [-0.2, 0) is 18.8 Å². The Balaban J connectivity index is 2.13. The second-order valence-electron chi connectivity index (χ2n) is 10.1. The van der Waals surface area contributed by atoms with Gasteiger partial charge in [-0.25, -0.2) is 9.55 Å². The lowest BCUT2D eigenvalue weighted by atomic mass is 9.86. The molecule has 158 valence electrons. The standard InChI is InChI=1S/C26H34N3O/c1-16-10-11-19-22(30-24-23(26(6,7)8)27-15-29(19)24)21(16)20-12-18(13-25(3,4)5)17(2)14-28(20)9/h10-12,14-15H,13H2,1-9H3/q+1/i2D3,13D2,15D. The Bertz CT molecular complexity index is 1500. The molecule has 3 aromatic heterocycles. The summed E-state index contributed by atoms with van der Waals surface area (Å²) in [7, 11) is 1.76. The Morgan fingerprint density at radius 1 is 1.20 bits per heavy atom. The van der Waals surface area contributed by atoms with Gasteiger partial charge in [0.2, 0.25) is 11.4 Å². The van der Waals surface area contributed by atoms with Gasteiger partial charge in [-0.2, -0.15) is 0 Å². The molecule has 0 unspecified atom stereocenters. The molecule has 0 radical (unpaired) electrons. The van der Waals surface area contributed by atoms with Crippen LogP contribution in [-0.4, -0.2) is 9.38 Å². The fourth-order valence-corrected chi connectivity index (χ4v) is 3.81. The minimum absolute atomic E-state index is 0.0150. The minimum atomic E-state index is -2.49. The summed E-state index contributed by atoms with van der Waals surface area (Å²) in [6.07, 6.45) is -0.335. The molecule has 0 spiro atoms. The number of aromatic nitrogens is 3. The molecule has 0 bridgehead atoms. The minimum Gasteiger partial charge on any atom is -0.435 e. The number of pyridine rings is 1. The summed E-state index contributed by atoms with van der Waals surface area (Å²) in [5.41, 5.74) is 3.58. The van der Waals surface area contributed by atoms with Gasteiger partial charge >= 0.3 is 0 Å². The molecular formula is C26H34N3O+. The van der Waals surface area contributed by atoms with Crippen LogP contribution in [0.1, 0.15) is 72.2 Å². The summed E-state index contributed by atoms with van der Waals surface area (Å²) in [5, 5.41) is 0. The van der Waals surface area contributed by atoms with Crippen LogP contribution in [0.4, 0.5) is 0 Å². The molecule has 3 heterocycles. The van der Waals surface area contributed by atoms with Gasteiger partial charge < -0.3 is 4.42 Å². The lowest BCUT2D eigenvalue weighted by molar-refractivity contribution is -0.660. The topological polar surface area (TPSA) is 34.3 Å². The van der Waals surface area contributed by atoms with Crippen molar-refractivity contribution in [2.24, 2.45) is 12.5 Å². The number of aryl methyl sites for hydroxylation is 3. The molecule has 1 aromatic carbocycles. The van der Waals surface area contributed by atoms with E-state index in [-0.39, 0.29) is 22.8 Å². The predicted molar refractivity (Wildman–Crippen MR) is 123 cm³/mol. The molecule has 0 aliphatic carbocycles. The highest BCUT2D eigenvalue weighted by molar-refractivity contribution is 5.92. The third-order valence-electron chi connectivity index (χ3n) is 5.20. The Hall–Kier alpha value is -2.62. The summed E-state index contributed by atoms with van der Waals surface area (Å²) < 4.78 is 60.5. The molecule has 30 heavy (non-hydrogen) atoms. The highest BCUT2D eigenvalue weighted by atomic mass is 16.3. The number of benzene rings is 1. The molecule has 4 aromatic rings. The summed E-state index contributed by atoms with van der Waals surface area (Å²) in [6, 6.07) is 5.47. The van der Waals surface area contributed by atoms with Crippen molar-refractivity contribution in [2.75, 3.05) is 0 Å². The molecule has 4 nitrogen and oxygen atoms in total. The average molecular weight is 411 g/mol. The Morgan fingerprint density at radius 2 is 1.93 bits per heavy atom. The average Bonchev–Trinajstić information content (AvgIpc) is 3.23. The van der Waals surface area contributed by atoms with Crippen LogP contribution in [0.5, 0.6) is 0 Å². The van der Waals surface area contributed by atoms with Gasteiger partial charge in [-0.1, -0.05) is 47.6 Å². The first-order valence-electron chi connectivity index (χ1n) is 13.2. The Kier molecular flexibility index (Phi) is 3.21. The molecule has 0 atom stereocenters. The monoisotopic (exact) mass is 410 g/mol. The van der Waals surface area contributed by atoms with Gasteiger partial charge in [-0.05, 0) is 42.8 Å². The van der Waals surface area contributed by atoms with Gasteiger partial charge in [0.25, 0.3) is 0 Å². The molecule has 0 aliphatic rings. The summed E-state index contributed by atoms with van der Waals surface area (Å²) >= 11 is 0. The normalized spacial score (nSPS) is 16.8. The van der Waals surface area contributed by atoms with Gasteiger partial charge in [-0.15, -0.1) is 0 Å². The van der Waals surface area contributed by atoms with Crippen LogP contribution in [0.2, 0.25) is 0 Å². The zero-order valence-electron chi connectivity index (χ0n) is 25.1. The summed E-state index contributed by atoms with van der Waals surface area (Å²) in [5.74, 6) is 0. The van der Waals surface area contributed by atoms with Crippen molar-refractivity contribution in [3.63, 3.8) is 0 Å². The maximum atomic E-state index is 8.92. The highest BCUT2D eigenvalue weighted by Crippen LogP contribution is 2.36. The van der Waals surface area contributed by atoms with E-state index in [1.807, 2.05) is 39.8 Å². The van der Waals surface area contributed by atoms with E-state index >= 15 is 0 Å². The van der Waals surface area contributed by atoms with Crippen LogP contribution < -0.4 is 4.57 Å². The van der Waals surface area contributed by atoms with Crippen molar-refractivity contribution in [2.45, 2.75) is 67.1 Å². The summed E-state index contributed by atoms with van der Waals surface area (Å²) in [6.45, 7) is 10.8. The van der Waals surface area contributed by atoms with Crippen LogP contribution in [0, 0.1) is 19.2 Å². The lowest BCUT2D eigenvalue weighted by Gasteiger charge is -2.19. The van der Waals surface area contributed by atoms with Gasteiger partial charge in [0.15, 0.2) is 11.8 Å². The van der Waals surface area contributed by atoms with E-state index in [2.05, 4.69) is 4.98 Å². The molecule has 0 saturated carbocycles. The lowest BCUT2D eigenvalue weighted by Crippen LogP contribution is -2.32. The number of fused-ring (bicyclic) bond motifs is 3. The number of oxazole rings is 1. The zero-order valence-corrected chi connectivity index (χ0v) is 19.1. The molecule has 0 fully saturated rings. The molecule has 0 N–H and O–H groups in total. The van der Waals surface area contributed by atoms with Crippen molar-refractivity contribution < 1.29 is 17.2 Å². The Morgan fingerprint density at radius 3 is 2.57 bits per heavy atom. The number of hydrogen-bond donors (Lipinski definition) is 0. The first-order chi connectivity index (χ1) is 16.3. The summed E-state index contributed by atoms with van der Waals surface area (Å²) in [4.78, 5) is 4.44. The smallest absolute Gasteiger partial charge is 0.228 e. The number of rotatable bonds is 2. The highest BCUT2D eigenvalue weighted by Gasteiger charge is 2.27. The van der Waals surface area contributed by atoms with Crippen molar-refractivity contribution >= 4 is 16.8 Å². The predicted octanol–water partition coefficient (Wildman–Crippen LogP) is 6.07. The third-order valence-corrected chi connectivity index (χ3v) is 5.20. The van der Waals surface area contributed by atoms with Crippen LogP contribution in [0.3, 0.4) is 0 Å². The zero-order chi connectivity index (χ0) is 27.2. The first-order valence-corrected chi connectivity index (χ1v) is 10.2. The fraction of sp³-hybridized carbons (Fsp3) is 0.462. The van der Waals surface area contributed by atoms with Gasteiger partial charge in [0.1, 0.15) is 20.4 Å². The quantitative estimate of drug-likeness (QED) is 0.376. The van der Waals surface area contributed by atoms with Crippen LogP contribution in [0.15, 0.2) is 35.1 Å². The van der Waals surface area contributed by atoms with E-state index in [1.54, 1.807) is 42.9 Å². The molecule has 4 heteroatoms. The number of nitrogens with zero attached hydrogens (tertiary/aromatic N) is 3. The first kappa shape index (κ1) is 14.4. The van der Waals surface area contributed by atoms with E-state index in [4.69, 9.17) is 12.6 Å². The van der Waals surface area contributed by atoms with Gasteiger partial charge in [-0.3, -0.25) is 4.40 Å². The molecule has 0 saturated heterocycles. The van der Waals surface area contributed by atoms with Crippen molar-refractivity contribution in [3.8, 4) is 11.3 Å². The number of hydrogen-bond acceptors (Lipinski definition) is 2.